The van der Waals surface area contributed by atoms with Crippen molar-refractivity contribution in [3.63, 3.8) is 0 Å². The molecule has 0 bridgehead atoms. The number of hydrogen-bond donors (Lipinski definition) is 1. The molecule has 1 saturated heterocycles. The number of benzene rings is 1. The number of aromatic nitrogens is 1. The van der Waals surface area contributed by atoms with Crippen molar-refractivity contribution in [3.05, 3.63) is 75.6 Å². The lowest BCUT2D eigenvalue weighted by molar-refractivity contribution is 0.183. The Morgan fingerprint density at radius 3 is 2.47 bits per heavy atom. The number of nitrogens with zero attached hydrogens (tertiary/aromatic N) is 2. The average Bonchev–Trinajstić information content (AvgIpc) is 3.33. The van der Waals surface area contributed by atoms with Crippen LogP contribution in [0, 0.1) is 6.92 Å². The monoisotopic (exact) mass is 438 g/mol. The first-order chi connectivity index (χ1) is 15.5. The van der Waals surface area contributed by atoms with E-state index in [2.05, 4.69) is 4.90 Å². The molecule has 1 unspecified atom stereocenters. The normalized spacial score (nSPS) is 15.5. The number of likely N-dealkylation sites (tertiary alicyclic amines) is 1. The molecule has 170 valence electrons. The van der Waals surface area contributed by atoms with Crippen LogP contribution in [0.15, 0.2) is 51.9 Å². The Morgan fingerprint density at radius 2 is 1.81 bits per heavy atom. The average molecular weight is 439 g/mol. The largest absolute Gasteiger partial charge is 0.507 e. The third-order valence-corrected chi connectivity index (χ3v) is 6.17. The summed E-state index contributed by atoms with van der Waals surface area (Å²) in [4.78, 5) is 16.0. The molecule has 7 nitrogen and oxygen atoms in total. The van der Waals surface area contributed by atoms with Gasteiger partial charge in [-0.3, -0.25) is 9.69 Å². The smallest absolute Gasteiger partial charge is 0.260 e. The highest BCUT2D eigenvalue weighted by Crippen LogP contribution is 2.38. The van der Waals surface area contributed by atoms with Crippen molar-refractivity contribution in [1.29, 1.82) is 0 Å². The van der Waals surface area contributed by atoms with E-state index in [1.54, 1.807) is 37.2 Å². The van der Waals surface area contributed by atoms with Crippen molar-refractivity contribution < 1.29 is 19.0 Å². The topological polar surface area (TPSA) is 77.1 Å². The standard InChI is InChI=1S/C25H30N2O5/c1-17-14-20(28)23(25(29)27(17)16-19-8-7-13-32-19)24(26-11-5-4-6-12-26)18-9-10-21(30-2)22(15-18)31-3/h7-10,13-15,24,28H,4-6,11-12,16H2,1-3H3. The van der Waals surface area contributed by atoms with Crippen LogP contribution in [0.3, 0.4) is 0 Å². The molecule has 1 aliphatic rings. The zero-order valence-electron chi connectivity index (χ0n) is 18.8. The second-order valence-corrected chi connectivity index (χ2v) is 8.17. The highest BCUT2D eigenvalue weighted by molar-refractivity contribution is 5.48. The number of piperidine rings is 1. The third-order valence-electron chi connectivity index (χ3n) is 6.17. The molecule has 0 spiro atoms. The van der Waals surface area contributed by atoms with E-state index in [0.717, 1.165) is 37.9 Å². The fourth-order valence-corrected chi connectivity index (χ4v) is 4.54. The maximum atomic E-state index is 13.8. The maximum Gasteiger partial charge on any atom is 0.260 e. The summed E-state index contributed by atoms with van der Waals surface area (Å²) in [5.74, 6) is 1.91. The molecule has 1 atom stereocenters. The van der Waals surface area contributed by atoms with E-state index < -0.39 is 6.04 Å². The van der Waals surface area contributed by atoms with Crippen molar-refractivity contribution >= 4 is 0 Å². The van der Waals surface area contributed by atoms with Crippen LogP contribution < -0.4 is 15.0 Å². The summed E-state index contributed by atoms with van der Waals surface area (Å²) in [6, 6.07) is 10.6. The zero-order valence-corrected chi connectivity index (χ0v) is 18.8. The third kappa shape index (κ3) is 4.25. The van der Waals surface area contributed by atoms with E-state index in [0.29, 0.717) is 35.1 Å². The highest BCUT2D eigenvalue weighted by Gasteiger charge is 2.31. The van der Waals surface area contributed by atoms with Gasteiger partial charge >= 0.3 is 0 Å². The van der Waals surface area contributed by atoms with Crippen molar-refractivity contribution in [2.75, 3.05) is 27.3 Å². The van der Waals surface area contributed by atoms with E-state index in [1.165, 1.54) is 0 Å². The fourth-order valence-electron chi connectivity index (χ4n) is 4.54. The molecule has 1 aromatic carbocycles. The summed E-state index contributed by atoms with van der Waals surface area (Å²) in [7, 11) is 3.19. The van der Waals surface area contributed by atoms with Crippen LogP contribution in [-0.2, 0) is 6.54 Å². The molecule has 3 heterocycles. The molecular formula is C25H30N2O5. The second-order valence-electron chi connectivity index (χ2n) is 8.17. The van der Waals surface area contributed by atoms with Crippen molar-refractivity contribution in [3.8, 4) is 17.2 Å². The van der Waals surface area contributed by atoms with Crippen molar-refractivity contribution in [2.45, 2.75) is 38.8 Å². The van der Waals surface area contributed by atoms with Crippen LogP contribution in [0.4, 0.5) is 0 Å². The molecule has 0 amide bonds. The van der Waals surface area contributed by atoms with Gasteiger partial charge < -0.3 is 23.6 Å². The number of methoxy groups -OCH3 is 2. The second kappa shape index (κ2) is 9.53. The number of aryl methyl sites for hydroxylation is 1. The van der Waals surface area contributed by atoms with E-state index in [-0.39, 0.29) is 11.3 Å². The number of aromatic hydroxyl groups is 1. The molecule has 0 saturated carbocycles. The first-order valence-corrected chi connectivity index (χ1v) is 10.9. The molecule has 0 aliphatic carbocycles. The minimum Gasteiger partial charge on any atom is -0.507 e. The van der Waals surface area contributed by atoms with Crippen molar-refractivity contribution in [2.24, 2.45) is 0 Å². The van der Waals surface area contributed by atoms with Gasteiger partial charge in [-0.05, 0) is 68.8 Å². The van der Waals surface area contributed by atoms with Crippen LogP contribution in [0.5, 0.6) is 17.2 Å². The van der Waals surface area contributed by atoms with Gasteiger partial charge in [-0.1, -0.05) is 12.5 Å². The Morgan fingerprint density at radius 1 is 1.06 bits per heavy atom. The van der Waals surface area contributed by atoms with Crippen LogP contribution in [0.25, 0.3) is 0 Å². The quantitative estimate of drug-likeness (QED) is 0.599. The number of ether oxygens (including phenoxy) is 2. The Labute approximate surface area is 187 Å². The lowest BCUT2D eigenvalue weighted by atomic mass is 9.94. The Hall–Kier alpha value is -3.19. The first-order valence-electron chi connectivity index (χ1n) is 10.9. The summed E-state index contributed by atoms with van der Waals surface area (Å²) in [6.45, 7) is 3.83. The molecule has 1 fully saturated rings. The lowest BCUT2D eigenvalue weighted by Crippen LogP contribution is -2.38. The predicted octanol–water partition coefficient (Wildman–Crippen LogP) is 4.10. The number of rotatable bonds is 7. The summed E-state index contributed by atoms with van der Waals surface area (Å²) in [5, 5.41) is 11.0. The molecule has 1 aliphatic heterocycles. The van der Waals surface area contributed by atoms with Gasteiger partial charge in [-0.15, -0.1) is 0 Å². The van der Waals surface area contributed by atoms with Gasteiger partial charge in [-0.25, -0.2) is 0 Å². The minimum atomic E-state index is -0.397. The number of hydrogen-bond acceptors (Lipinski definition) is 6. The summed E-state index contributed by atoms with van der Waals surface area (Å²) < 4.78 is 18.1. The molecule has 0 radical (unpaired) electrons. The Balaban J connectivity index is 1.87. The van der Waals surface area contributed by atoms with Gasteiger partial charge in [0.25, 0.3) is 5.56 Å². The molecule has 3 aromatic rings. The summed E-state index contributed by atoms with van der Waals surface area (Å²) in [6.07, 6.45) is 4.86. The van der Waals surface area contributed by atoms with Crippen LogP contribution in [-0.4, -0.2) is 41.9 Å². The Bertz CT molecular complexity index is 1110. The highest BCUT2D eigenvalue weighted by atomic mass is 16.5. The molecular weight excluding hydrogens is 408 g/mol. The zero-order chi connectivity index (χ0) is 22.7. The molecule has 1 N–H and O–H groups in total. The SMILES string of the molecule is COc1ccc(C(c2c(O)cc(C)n(Cc3ccco3)c2=O)N2CCCCC2)cc1OC. The predicted molar refractivity (Wildman–Crippen MR) is 122 cm³/mol. The van der Waals surface area contributed by atoms with Gasteiger partial charge in [0.15, 0.2) is 11.5 Å². The molecule has 32 heavy (non-hydrogen) atoms. The molecule has 4 rings (SSSR count). The first kappa shape index (κ1) is 22.0. The Kier molecular flexibility index (Phi) is 6.55. The molecule has 7 heteroatoms. The minimum absolute atomic E-state index is 0.00792. The lowest BCUT2D eigenvalue weighted by Gasteiger charge is -2.35. The van der Waals surface area contributed by atoms with Crippen LogP contribution >= 0.6 is 0 Å². The summed E-state index contributed by atoms with van der Waals surface area (Å²) >= 11 is 0. The fraction of sp³-hybridized carbons (Fsp3) is 0.400. The van der Waals surface area contributed by atoms with Gasteiger partial charge in [-0.2, -0.15) is 0 Å². The van der Waals surface area contributed by atoms with Crippen LogP contribution in [0.2, 0.25) is 0 Å². The van der Waals surface area contributed by atoms with E-state index in [4.69, 9.17) is 13.9 Å². The van der Waals surface area contributed by atoms with E-state index in [1.807, 2.05) is 31.2 Å². The number of furan rings is 1. The summed E-state index contributed by atoms with van der Waals surface area (Å²) in [5.41, 5.74) is 1.71. The van der Waals surface area contributed by atoms with E-state index >= 15 is 0 Å². The molecule has 2 aromatic heterocycles. The number of pyridine rings is 1. The van der Waals surface area contributed by atoms with E-state index in [9.17, 15) is 9.90 Å². The van der Waals surface area contributed by atoms with Gasteiger partial charge in [0.05, 0.1) is 38.6 Å². The van der Waals surface area contributed by atoms with Gasteiger partial charge in [0.2, 0.25) is 0 Å². The van der Waals surface area contributed by atoms with Crippen molar-refractivity contribution in [1.82, 2.24) is 9.47 Å². The van der Waals surface area contributed by atoms with Gasteiger partial charge in [0, 0.05) is 5.69 Å². The van der Waals surface area contributed by atoms with Crippen LogP contribution in [0.1, 0.15) is 47.9 Å². The van der Waals surface area contributed by atoms with Gasteiger partial charge in [0.1, 0.15) is 11.5 Å². The maximum absolute atomic E-state index is 13.8.